The van der Waals surface area contributed by atoms with Gasteiger partial charge in [0.2, 0.25) is 0 Å². The Morgan fingerprint density at radius 3 is 2.40 bits per heavy atom. The van der Waals surface area contributed by atoms with Crippen LogP contribution in [0.5, 0.6) is 0 Å². The van der Waals surface area contributed by atoms with Gasteiger partial charge in [0.25, 0.3) is 0 Å². The van der Waals surface area contributed by atoms with Crippen molar-refractivity contribution in [3.8, 4) is 0 Å². The largest absolute Gasteiger partial charge is 0.397 e. The number of anilines is 4. The lowest BCUT2D eigenvalue weighted by atomic mass is 10.2. The summed E-state index contributed by atoms with van der Waals surface area (Å²) < 4.78 is 0.852. The number of nitrogens with two attached hydrogens (primary N) is 1. The van der Waals surface area contributed by atoms with Gasteiger partial charge < -0.3 is 16.0 Å². The number of halogens is 1. The maximum Gasteiger partial charge on any atom is 0.144 e. The Balaban J connectivity index is 2.14. The zero-order valence-corrected chi connectivity index (χ0v) is 13.3. The normalized spacial score (nSPS) is 10.3. The van der Waals surface area contributed by atoms with Crippen LogP contribution in [0.25, 0.3) is 0 Å². The highest BCUT2D eigenvalue weighted by Gasteiger charge is 2.04. The van der Waals surface area contributed by atoms with Crippen LogP contribution >= 0.6 is 15.9 Å². The second-order valence-corrected chi connectivity index (χ2v) is 5.30. The van der Waals surface area contributed by atoms with Gasteiger partial charge in [-0.2, -0.15) is 0 Å². The fourth-order valence-electron chi connectivity index (χ4n) is 2.03. The van der Waals surface area contributed by atoms with E-state index in [-0.39, 0.29) is 0 Å². The number of nitrogens with one attached hydrogen (secondary N) is 1. The van der Waals surface area contributed by atoms with Crippen molar-refractivity contribution >= 4 is 38.8 Å². The van der Waals surface area contributed by atoms with Gasteiger partial charge in [0, 0.05) is 24.5 Å². The Kier molecular flexibility index (Phi) is 4.84. The Bertz CT molecular complexity index is 565. The zero-order chi connectivity index (χ0) is 14.5. The van der Waals surface area contributed by atoms with Gasteiger partial charge in [-0.3, -0.25) is 0 Å². The number of nitrogen functional groups attached to an aromatic ring is 1. The Morgan fingerprint density at radius 2 is 1.85 bits per heavy atom. The highest BCUT2D eigenvalue weighted by Crippen LogP contribution is 2.26. The number of hydrogen-bond acceptors (Lipinski definition) is 4. The van der Waals surface area contributed by atoms with Crippen LogP contribution in [0, 0.1) is 0 Å². The summed E-state index contributed by atoms with van der Waals surface area (Å²) in [5.74, 6) is 0.759. The molecular weight excluding hydrogens is 316 g/mol. The number of pyridine rings is 1. The van der Waals surface area contributed by atoms with Crippen LogP contribution < -0.4 is 16.0 Å². The maximum atomic E-state index is 5.68. The average molecular weight is 335 g/mol. The molecular formula is C15H19BrN4. The van der Waals surface area contributed by atoms with Crippen molar-refractivity contribution in [2.24, 2.45) is 0 Å². The third-order valence-corrected chi connectivity index (χ3v) is 3.73. The molecule has 20 heavy (non-hydrogen) atoms. The van der Waals surface area contributed by atoms with Crippen molar-refractivity contribution in [3.63, 3.8) is 0 Å². The molecule has 0 saturated carbocycles. The van der Waals surface area contributed by atoms with Crippen molar-refractivity contribution in [3.05, 3.63) is 41.0 Å². The third kappa shape index (κ3) is 3.42. The molecule has 0 aliphatic heterocycles. The molecule has 1 heterocycles. The van der Waals surface area contributed by atoms with Crippen molar-refractivity contribution in [2.45, 2.75) is 13.8 Å². The summed E-state index contributed by atoms with van der Waals surface area (Å²) in [5.41, 5.74) is 8.54. The second-order valence-electron chi connectivity index (χ2n) is 4.44. The highest BCUT2D eigenvalue weighted by molar-refractivity contribution is 9.10. The van der Waals surface area contributed by atoms with Crippen LogP contribution in [-0.4, -0.2) is 18.1 Å². The van der Waals surface area contributed by atoms with Gasteiger partial charge in [0.05, 0.1) is 16.4 Å². The van der Waals surface area contributed by atoms with Gasteiger partial charge in [-0.05, 0) is 60.1 Å². The van der Waals surface area contributed by atoms with Crippen LogP contribution in [0.2, 0.25) is 0 Å². The molecule has 0 aliphatic carbocycles. The number of aromatic nitrogens is 1. The molecule has 0 unspecified atom stereocenters. The monoisotopic (exact) mass is 334 g/mol. The van der Waals surface area contributed by atoms with E-state index in [9.17, 15) is 0 Å². The minimum atomic E-state index is 0.638. The molecule has 3 N–H and O–H groups in total. The molecule has 0 fully saturated rings. The van der Waals surface area contributed by atoms with Gasteiger partial charge in [0.1, 0.15) is 5.82 Å². The van der Waals surface area contributed by atoms with E-state index in [0.717, 1.165) is 29.1 Å². The van der Waals surface area contributed by atoms with Crippen molar-refractivity contribution in [2.75, 3.05) is 29.0 Å². The molecule has 5 heteroatoms. The van der Waals surface area contributed by atoms with Crippen molar-refractivity contribution in [1.82, 2.24) is 4.98 Å². The summed E-state index contributed by atoms with van der Waals surface area (Å²) in [4.78, 5) is 6.58. The third-order valence-electron chi connectivity index (χ3n) is 3.12. The summed E-state index contributed by atoms with van der Waals surface area (Å²) in [7, 11) is 0. The molecule has 106 valence electrons. The van der Waals surface area contributed by atoms with E-state index >= 15 is 0 Å². The Labute approximate surface area is 128 Å². The molecule has 0 spiro atoms. The first-order valence-corrected chi connectivity index (χ1v) is 7.46. The highest BCUT2D eigenvalue weighted by atomic mass is 79.9. The molecule has 0 radical (unpaired) electrons. The van der Waals surface area contributed by atoms with E-state index in [0.29, 0.717) is 5.69 Å². The zero-order valence-electron chi connectivity index (χ0n) is 11.7. The lowest BCUT2D eigenvalue weighted by Crippen LogP contribution is -2.21. The lowest BCUT2D eigenvalue weighted by molar-refractivity contribution is 0.866. The maximum absolute atomic E-state index is 5.68. The molecule has 2 rings (SSSR count). The van der Waals surface area contributed by atoms with E-state index in [2.05, 4.69) is 69.2 Å². The van der Waals surface area contributed by atoms with Crippen LogP contribution in [0.3, 0.4) is 0 Å². The van der Waals surface area contributed by atoms with Gasteiger partial charge in [0.15, 0.2) is 0 Å². The van der Waals surface area contributed by atoms with E-state index in [1.807, 2.05) is 6.07 Å². The summed E-state index contributed by atoms with van der Waals surface area (Å²) in [6.07, 6.45) is 1.64. The first-order chi connectivity index (χ1) is 9.63. The molecule has 2 aromatic rings. The minimum absolute atomic E-state index is 0.638. The number of benzene rings is 1. The molecule has 0 saturated heterocycles. The summed E-state index contributed by atoms with van der Waals surface area (Å²) in [6, 6.07) is 10.2. The minimum Gasteiger partial charge on any atom is -0.397 e. The molecule has 0 amide bonds. The Morgan fingerprint density at radius 1 is 1.20 bits per heavy atom. The van der Waals surface area contributed by atoms with Crippen LogP contribution in [-0.2, 0) is 0 Å². The first kappa shape index (κ1) is 14.7. The number of rotatable bonds is 5. The SMILES string of the molecule is CCN(CC)c1ccc(Nc2ncc(N)cc2Br)cc1. The number of hydrogen-bond donors (Lipinski definition) is 2. The topological polar surface area (TPSA) is 54.2 Å². The lowest BCUT2D eigenvalue weighted by Gasteiger charge is -2.21. The Hall–Kier alpha value is -1.75. The van der Waals surface area contributed by atoms with E-state index in [4.69, 9.17) is 5.73 Å². The summed E-state index contributed by atoms with van der Waals surface area (Å²) >= 11 is 3.45. The van der Waals surface area contributed by atoms with Gasteiger partial charge in [-0.25, -0.2) is 4.98 Å². The second kappa shape index (κ2) is 6.61. The summed E-state index contributed by atoms with van der Waals surface area (Å²) in [5, 5.41) is 3.27. The molecule has 0 atom stereocenters. The predicted molar refractivity (Wildman–Crippen MR) is 89.6 cm³/mol. The first-order valence-electron chi connectivity index (χ1n) is 6.67. The van der Waals surface area contributed by atoms with Crippen molar-refractivity contribution < 1.29 is 0 Å². The van der Waals surface area contributed by atoms with Crippen molar-refractivity contribution in [1.29, 1.82) is 0 Å². The van der Waals surface area contributed by atoms with Crippen LogP contribution in [0.15, 0.2) is 41.0 Å². The standard InChI is InChI=1S/C15H19BrN4/c1-3-20(4-2)13-7-5-12(6-8-13)19-15-14(16)9-11(17)10-18-15/h5-10H,3-4,17H2,1-2H3,(H,18,19). The number of nitrogens with zero attached hydrogens (tertiary/aromatic N) is 2. The smallest absolute Gasteiger partial charge is 0.144 e. The van der Waals surface area contributed by atoms with Crippen LogP contribution in [0.1, 0.15) is 13.8 Å². The molecule has 1 aromatic carbocycles. The molecule has 0 bridgehead atoms. The van der Waals surface area contributed by atoms with E-state index in [1.54, 1.807) is 6.20 Å². The van der Waals surface area contributed by atoms with Gasteiger partial charge >= 0.3 is 0 Å². The quantitative estimate of drug-likeness (QED) is 0.867. The fraction of sp³-hybridized carbons (Fsp3) is 0.267. The molecule has 0 aliphatic rings. The van der Waals surface area contributed by atoms with E-state index in [1.165, 1.54) is 5.69 Å². The molecule has 4 nitrogen and oxygen atoms in total. The molecule has 1 aromatic heterocycles. The predicted octanol–water partition coefficient (Wildman–Crippen LogP) is 4.02. The van der Waals surface area contributed by atoms with E-state index < -0.39 is 0 Å². The van der Waals surface area contributed by atoms with Gasteiger partial charge in [-0.1, -0.05) is 0 Å². The fourth-order valence-corrected chi connectivity index (χ4v) is 2.49. The average Bonchev–Trinajstić information content (AvgIpc) is 2.45. The van der Waals surface area contributed by atoms with Gasteiger partial charge in [-0.15, -0.1) is 0 Å². The summed E-state index contributed by atoms with van der Waals surface area (Å²) in [6.45, 7) is 6.33. The van der Waals surface area contributed by atoms with Crippen LogP contribution in [0.4, 0.5) is 22.9 Å².